The molecule has 0 aromatic heterocycles. The van der Waals surface area contributed by atoms with Crippen molar-refractivity contribution in [2.24, 2.45) is 0 Å². The summed E-state index contributed by atoms with van der Waals surface area (Å²) in [6, 6.07) is 0.430. The SMILES string of the molecule is COc1c(S(=O)(=O)Cl)cc(F)c(F)c1OC. The molecule has 0 aliphatic rings. The zero-order valence-electron chi connectivity index (χ0n) is 8.25. The van der Waals surface area contributed by atoms with Crippen LogP contribution in [-0.2, 0) is 9.05 Å². The predicted molar refractivity (Wildman–Crippen MR) is 52.5 cm³/mol. The molecule has 0 amide bonds. The fourth-order valence-electron chi connectivity index (χ4n) is 1.12. The molecule has 0 unspecified atom stereocenters. The van der Waals surface area contributed by atoms with Gasteiger partial charge >= 0.3 is 0 Å². The molecule has 4 nitrogen and oxygen atoms in total. The highest BCUT2D eigenvalue weighted by Crippen LogP contribution is 2.39. The molecule has 0 saturated heterocycles. The Hall–Kier alpha value is -1.08. The largest absolute Gasteiger partial charge is 0.491 e. The van der Waals surface area contributed by atoms with Gasteiger partial charge in [0.2, 0.25) is 11.6 Å². The van der Waals surface area contributed by atoms with Crippen LogP contribution in [0, 0.1) is 11.6 Å². The van der Waals surface area contributed by atoms with Gasteiger partial charge in [-0.05, 0) is 0 Å². The number of methoxy groups -OCH3 is 2. The van der Waals surface area contributed by atoms with Gasteiger partial charge in [0.15, 0.2) is 11.6 Å². The summed E-state index contributed by atoms with van der Waals surface area (Å²) in [5.74, 6) is -3.86. The molecule has 0 aliphatic heterocycles. The molecule has 0 spiro atoms. The number of ether oxygens (including phenoxy) is 2. The van der Waals surface area contributed by atoms with Crippen LogP contribution in [0.15, 0.2) is 11.0 Å². The maximum Gasteiger partial charge on any atom is 0.265 e. The van der Waals surface area contributed by atoms with Gasteiger partial charge in [0.05, 0.1) is 14.2 Å². The van der Waals surface area contributed by atoms with E-state index in [0.717, 1.165) is 14.2 Å². The van der Waals surface area contributed by atoms with Crippen LogP contribution in [0.3, 0.4) is 0 Å². The second kappa shape index (κ2) is 4.42. The van der Waals surface area contributed by atoms with E-state index in [1.165, 1.54) is 0 Å². The molecule has 1 rings (SSSR count). The predicted octanol–water partition coefficient (Wildman–Crippen LogP) is 1.91. The summed E-state index contributed by atoms with van der Waals surface area (Å²) in [5, 5.41) is 0. The Kier molecular flexibility index (Phi) is 3.59. The van der Waals surface area contributed by atoms with Crippen molar-refractivity contribution in [3.63, 3.8) is 0 Å². The summed E-state index contributed by atoms with van der Waals surface area (Å²) in [4.78, 5) is -0.688. The van der Waals surface area contributed by atoms with Crippen LogP contribution in [-0.4, -0.2) is 22.6 Å². The molecule has 0 aliphatic carbocycles. The van der Waals surface area contributed by atoms with Gasteiger partial charge in [-0.3, -0.25) is 0 Å². The molecule has 0 saturated carbocycles. The Bertz CT molecular complexity index is 515. The molecule has 0 radical (unpaired) electrons. The third-order valence-corrected chi connectivity index (χ3v) is 3.10. The highest BCUT2D eigenvalue weighted by Gasteiger charge is 2.26. The van der Waals surface area contributed by atoms with E-state index in [4.69, 9.17) is 10.7 Å². The topological polar surface area (TPSA) is 52.6 Å². The van der Waals surface area contributed by atoms with Gasteiger partial charge in [0, 0.05) is 16.7 Å². The molecule has 0 atom stereocenters. The van der Waals surface area contributed by atoms with Crippen molar-refractivity contribution in [3.05, 3.63) is 17.7 Å². The molecule has 1 aromatic rings. The van der Waals surface area contributed by atoms with Gasteiger partial charge < -0.3 is 9.47 Å². The van der Waals surface area contributed by atoms with Crippen molar-refractivity contribution in [1.29, 1.82) is 0 Å². The molecule has 0 fully saturated rings. The van der Waals surface area contributed by atoms with Gasteiger partial charge in [-0.15, -0.1) is 0 Å². The maximum absolute atomic E-state index is 13.2. The first-order chi connectivity index (χ1) is 7.32. The molecule has 8 heteroatoms. The lowest BCUT2D eigenvalue weighted by molar-refractivity contribution is 0.321. The van der Waals surface area contributed by atoms with Gasteiger partial charge in [-0.2, -0.15) is 4.39 Å². The Morgan fingerprint density at radius 2 is 1.69 bits per heavy atom. The summed E-state index contributed by atoms with van der Waals surface area (Å²) in [7, 11) is 2.92. The zero-order valence-corrected chi connectivity index (χ0v) is 9.82. The molecule has 0 bridgehead atoms. The lowest BCUT2D eigenvalue weighted by atomic mass is 10.3. The van der Waals surface area contributed by atoms with Gasteiger partial charge in [-0.1, -0.05) is 0 Å². The zero-order chi connectivity index (χ0) is 12.5. The average molecular weight is 273 g/mol. The Morgan fingerprint density at radius 1 is 1.19 bits per heavy atom. The lowest BCUT2D eigenvalue weighted by Crippen LogP contribution is -2.03. The van der Waals surface area contributed by atoms with E-state index in [9.17, 15) is 17.2 Å². The van der Waals surface area contributed by atoms with E-state index >= 15 is 0 Å². The number of hydrogen-bond acceptors (Lipinski definition) is 4. The van der Waals surface area contributed by atoms with Crippen molar-refractivity contribution < 1.29 is 26.7 Å². The van der Waals surface area contributed by atoms with Crippen LogP contribution < -0.4 is 9.47 Å². The summed E-state index contributed by atoms with van der Waals surface area (Å²) in [5.41, 5.74) is 0. The first-order valence-corrected chi connectivity index (χ1v) is 6.18. The van der Waals surface area contributed by atoms with Crippen LogP contribution in [0.4, 0.5) is 8.78 Å². The normalized spacial score (nSPS) is 11.3. The first-order valence-electron chi connectivity index (χ1n) is 3.87. The van der Waals surface area contributed by atoms with Crippen molar-refractivity contribution in [2.45, 2.75) is 4.90 Å². The van der Waals surface area contributed by atoms with Crippen LogP contribution in [0.25, 0.3) is 0 Å². The third-order valence-electron chi connectivity index (χ3n) is 1.77. The molecular formula is C8H7ClF2O4S. The summed E-state index contributed by atoms with van der Waals surface area (Å²) < 4.78 is 57.6. The quantitative estimate of drug-likeness (QED) is 0.789. The smallest absolute Gasteiger partial charge is 0.265 e. The van der Waals surface area contributed by atoms with Crippen LogP contribution in [0.1, 0.15) is 0 Å². The van der Waals surface area contributed by atoms with Crippen molar-refractivity contribution in [3.8, 4) is 11.5 Å². The molecule has 1 aromatic carbocycles. The Morgan fingerprint density at radius 3 is 2.06 bits per heavy atom. The van der Waals surface area contributed by atoms with E-state index in [0.29, 0.717) is 6.07 Å². The minimum absolute atomic E-state index is 0.430. The Balaban J connectivity index is 3.70. The summed E-state index contributed by atoms with van der Waals surface area (Å²) >= 11 is 0. The first kappa shape index (κ1) is 13.0. The van der Waals surface area contributed by atoms with Crippen molar-refractivity contribution in [2.75, 3.05) is 14.2 Å². The standard InChI is InChI=1S/C8H7ClF2O4S/c1-14-7-5(16(9,12)13)3-4(10)6(11)8(7)15-2/h3H,1-2H3. The van der Waals surface area contributed by atoms with Gasteiger partial charge in [-0.25, -0.2) is 12.8 Å². The van der Waals surface area contributed by atoms with E-state index in [-0.39, 0.29) is 0 Å². The van der Waals surface area contributed by atoms with Crippen LogP contribution in [0.5, 0.6) is 11.5 Å². The average Bonchev–Trinajstić information content (AvgIpc) is 2.19. The third kappa shape index (κ3) is 2.19. The summed E-state index contributed by atoms with van der Waals surface area (Å²) in [6.07, 6.45) is 0. The van der Waals surface area contributed by atoms with Crippen LogP contribution >= 0.6 is 10.7 Å². The van der Waals surface area contributed by atoms with Crippen LogP contribution in [0.2, 0.25) is 0 Å². The second-order valence-corrected chi connectivity index (χ2v) is 5.21. The summed E-state index contributed by atoms with van der Waals surface area (Å²) in [6.45, 7) is 0. The molecule has 90 valence electrons. The fraction of sp³-hybridized carbons (Fsp3) is 0.250. The van der Waals surface area contributed by atoms with Crippen molar-refractivity contribution >= 4 is 19.7 Å². The van der Waals surface area contributed by atoms with E-state index in [1.54, 1.807) is 0 Å². The lowest BCUT2D eigenvalue weighted by Gasteiger charge is -2.11. The Labute approximate surface area is 95.2 Å². The maximum atomic E-state index is 13.2. The van der Waals surface area contributed by atoms with Crippen molar-refractivity contribution in [1.82, 2.24) is 0 Å². The molecule has 0 heterocycles. The van der Waals surface area contributed by atoms with E-state index < -0.39 is 37.1 Å². The molecular weight excluding hydrogens is 266 g/mol. The number of hydrogen-bond donors (Lipinski definition) is 0. The highest BCUT2D eigenvalue weighted by atomic mass is 35.7. The van der Waals surface area contributed by atoms with Gasteiger partial charge in [0.25, 0.3) is 9.05 Å². The monoisotopic (exact) mass is 272 g/mol. The second-order valence-electron chi connectivity index (χ2n) is 2.67. The van der Waals surface area contributed by atoms with Gasteiger partial charge in [0.1, 0.15) is 4.90 Å². The number of rotatable bonds is 3. The number of halogens is 3. The highest BCUT2D eigenvalue weighted by molar-refractivity contribution is 8.13. The fourth-order valence-corrected chi connectivity index (χ4v) is 2.11. The van der Waals surface area contributed by atoms with E-state index in [1.807, 2.05) is 0 Å². The minimum atomic E-state index is -4.26. The minimum Gasteiger partial charge on any atom is -0.491 e. The van der Waals surface area contributed by atoms with E-state index in [2.05, 4.69) is 9.47 Å². The number of benzene rings is 1. The molecule has 0 N–H and O–H groups in total. The molecule has 16 heavy (non-hydrogen) atoms.